The van der Waals surface area contributed by atoms with Crippen molar-refractivity contribution in [2.45, 2.75) is 19.8 Å². The summed E-state index contributed by atoms with van der Waals surface area (Å²) in [6, 6.07) is 7.97. The van der Waals surface area contributed by atoms with Gasteiger partial charge in [0.2, 0.25) is 5.91 Å². The molecule has 1 aliphatic rings. The smallest absolute Gasteiger partial charge is 0.228 e. The monoisotopic (exact) mass is 266 g/mol. The van der Waals surface area contributed by atoms with Crippen molar-refractivity contribution >= 4 is 28.9 Å². The number of hydrogen-bond donors (Lipinski definition) is 1. The van der Waals surface area contributed by atoms with E-state index in [0.29, 0.717) is 5.88 Å². The Morgan fingerprint density at radius 2 is 2.06 bits per heavy atom. The Morgan fingerprint density at radius 3 is 2.72 bits per heavy atom. The van der Waals surface area contributed by atoms with Gasteiger partial charge in [0.05, 0.1) is 11.4 Å². The van der Waals surface area contributed by atoms with E-state index in [2.05, 4.69) is 16.3 Å². The second-order valence-electron chi connectivity index (χ2n) is 4.76. The van der Waals surface area contributed by atoms with E-state index in [1.165, 1.54) is 12.8 Å². The molecule has 1 aromatic carbocycles. The van der Waals surface area contributed by atoms with Gasteiger partial charge in [-0.3, -0.25) is 4.79 Å². The molecular formula is C14H19ClN2O. The fraction of sp³-hybridized carbons (Fsp3) is 0.500. The van der Waals surface area contributed by atoms with Crippen molar-refractivity contribution in [3.8, 4) is 0 Å². The van der Waals surface area contributed by atoms with E-state index >= 15 is 0 Å². The third kappa shape index (κ3) is 2.96. The highest BCUT2D eigenvalue weighted by molar-refractivity contribution is 6.19. The molecular weight excluding hydrogens is 248 g/mol. The molecule has 3 nitrogen and oxygen atoms in total. The van der Waals surface area contributed by atoms with Crippen molar-refractivity contribution in [3.63, 3.8) is 0 Å². The summed E-state index contributed by atoms with van der Waals surface area (Å²) in [6.45, 7) is 3.97. The molecule has 1 N–H and O–H groups in total. The lowest BCUT2D eigenvalue weighted by atomic mass is 10.2. The van der Waals surface area contributed by atoms with Crippen molar-refractivity contribution in [1.29, 1.82) is 0 Å². The van der Waals surface area contributed by atoms with Crippen molar-refractivity contribution in [1.82, 2.24) is 0 Å². The van der Waals surface area contributed by atoms with Gasteiger partial charge in [0.25, 0.3) is 0 Å². The summed E-state index contributed by atoms with van der Waals surface area (Å²) >= 11 is 5.71. The van der Waals surface area contributed by atoms with Crippen molar-refractivity contribution < 1.29 is 4.79 Å². The lowest BCUT2D eigenvalue weighted by molar-refractivity contribution is -0.118. The molecule has 0 aliphatic carbocycles. The quantitative estimate of drug-likeness (QED) is 0.850. The Labute approximate surface area is 113 Å². The van der Waals surface area contributed by atoms with Gasteiger partial charge < -0.3 is 10.2 Å². The first-order valence-electron chi connectivity index (χ1n) is 6.43. The van der Waals surface area contributed by atoms with Crippen molar-refractivity contribution in [2.24, 2.45) is 5.92 Å². The maximum atomic E-state index is 11.9. The van der Waals surface area contributed by atoms with Crippen LogP contribution in [0.4, 0.5) is 11.4 Å². The highest BCUT2D eigenvalue weighted by Crippen LogP contribution is 2.28. The average molecular weight is 267 g/mol. The number of amides is 1. The number of hydrogen-bond acceptors (Lipinski definition) is 2. The zero-order chi connectivity index (χ0) is 13.0. The number of halogens is 1. The average Bonchev–Trinajstić information content (AvgIpc) is 2.92. The van der Waals surface area contributed by atoms with E-state index in [1.54, 1.807) is 0 Å². The predicted octanol–water partition coefficient (Wildman–Crippen LogP) is 3.10. The summed E-state index contributed by atoms with van der Waals surface area (Å²) in [5.41, 5.74) is 2.01. The first-order valence-corrected chi connectivity index (χ1v) is 6.96. The van der Waals surface area contributed by atoms with E-state index in [-0.39, 0.29) is 11.8 Å². The first-order chi connectivity index (χ1) is 8.72. The zero-order valence-corrected chi connectivity index (χ0v) is 11.4. The van der Waals surface area contributed by atoms with Gasteiger partial charge in [0.15, 0.2) is 0 Å². The van der Waals surface area contributed by atoms with Crippen LogP contribution in [0.5, 0.6) is 0 Å². The van der Waals surface area contributed by atoms with Gasteiger partial charge in [-0.25, -0.2) is 0 Å². The van der Waals surface area contributed by atoms with Crippen molar-refractivity contribution in [3.05, 3.63) is 24.3 Å². The van der Waals surface area contributed by atoms with Crippen LogP contribution in [0.25, 0.3) is 0 Å². The summed E-state index contributed by atoms with van der Waals surface area (Å²) < 4.78 is 0. The number of carbonyl (C=O) groups excluding carboxylic acids is 1. The molecule has 0 aromatic heterocycles. The van der Waals surface area contributed by atoms with E-state index in [4.69, 9.17) is 11.6 Å². The van der Waals surface area contributed by atoms with Gasteiger partial charge in [-0.1, -0.05) is 19.1 Å². The maximum Gasteiger partial charge on any atom is 0.228 e. The molecule has 1 aliphatic heterocycles. The number of nitrogens with one attached hydrogen (secondary N) is 1. The zero-order valence-electron chi connectivity index (χ0n) is 10.7. The number of benzene rings is 1. The highest BCUT2D eigenvalue weighted by atomic mass is 35.5. The second kappa shape index (κ2) is 6.10. The SMILES string of the molecule is CC(CCl)C(=O)Nc1ccccc1N1CCCC1. The molecule has 0 spiro atoms. The molecule has 1 saturated heterocycles. The molecule has 1 atom stereocenters. The minimum Gasteiger partial charge on any atom is -0.370 e. The maximum absolute atomic E-state index is 11.9. The molecule has 2 rings (SSSR count). The van der Waals surface area contributed by atoms with Crippen LogP contribution in [0.15, 0.2) is 24.3 Å². The Bertz CT molecular complexity index is 416. The third-order valence-corrected chi connectivity index (χ3v) is 3.75. The molecule has 0 radical (unpaired) electrons. The largest absolute Gasteiger partial charge is 0.370 e. The number of alkyl halides is 1. The lowest BCUT2D eigenvalue weighted by Crippen LogP contribution is -2.24. The Balaban J connectivity index is 2.14. The van der Waals surface area contributed by atoms with E-state index in [9.17, 15) is 4.79 Å². The van der Waals surface area contributed by atoms with Crippen LogP contribution in [-0.4, -0.2) is 24.9 Å². The first kappa shape index (κ1) is 13.2. The molecule has 0 saturated carbocycles. The third-order valence-electron chi connectivity index (χ3n) is 3.29. The van der Waals surface area contributed by atoms with Crippen molar-refractivity contribution in [2.75, 3.05) is 29.2 Å². The van der Waals surface area contributed by atoms with Crippen LogP contribution in [0.3, 0.4) is 0 Å². The molecule has 1 aromatic rings. The van der Waals surface area contributed by atoms with Crippen LogP contribution in [0, 0.1) is 5.92 Å². The van der Waals surface area contributed by atoms with Crippen LogP contribution in [0.2, 0.25) is 0 Å². The molecule has 1 fully saturated rings. The Morgan fingerprint density at radius 1 is 1.39 bits per heavy atom. The van der Waals surface area contributed by atoms with E-state index in [1.807, 2.05) is 25.1 Å². The van der Waals surface area contributed by atoms with Gasteiger partial charge in [0.1, 0.15) is 0 Å². The molecule has 98 valence electrons. The summed E-state index contributed by atoms with van der Waals surface area (Å²) in [5, 5.41) is 2.97. The summed E-state index contributed by atoms with van der Waals surface area (Å²) in [4.78, 5) is 14.2. The second-order valence-corrected chi connectivity index (χ2v) is 5.06. The minimum absolute atomic E-state index is 0.0170. The molecule has 1 unspecified atom stereocenters. The predicted molar refractivity (Wildman–Crippen MR) is 76.4 cm³/mol. The topological polar surface area (TPSA) is 32.3 Å². The van der Waals surface area contributed by atoms with Crippen LogP contribution in [-0.2, 0) is 4.79 Å². The summed E-state index contributed by atoms with van der Waals surface area (Å²) in [7, 11) is 0. The van der Waals surface area contributed by atoms with Crippen LogP contribution < -0.4 is 10.2 Å². The van der Waals surface area contributed by atoms with Gasteiger partial charge >= 0.3 is 0 Å². The van der Waals surface area contributed by atoms with E-state index in [0.717, 1.165) is 24.5 Å². The minimum atomic E-state index is -0.168. The number of rotatable bonds is 4. The standard InChI is InChI=1S/C14H19ClN2O/c1-11(10-15)14(18)16-12-6-2-3-7-13(12)17-8-4-5-9-17/h2-3,6-7,11H,4-5,8-10H2,1H3,(H,16,18). The van der Waals surface area contributed by atoms with Crippen LogP contribution >= 0.6 is 11.6 Å². The molecule has 1 heterocycles. The molecule has 18 heavy (non-hydrogen) atoms. The Kier molecular flexibility index (Phi) is 4.48. The van der Waals surface area contributed by atoms with Crippen LogP contribution in [0.1, 0.15) is 19.8 Å². The summed E-state index contributed by atoms with van der Waals surface area (Å²) in [6.07, 6.45) is 2.45. The number of anilines is 2. The molecule has 0 bridgehead atoms. The van der Waals surface area contributed by atoms with Gasteiger partial charge in [-0.15, -0.1) is 11.6 Å². The van der Waals surface area contributed by atoms with Gasteiger partial charge in [-0.05, 0) is 25.0 Å². The number of carbonyl (C=O) groups is 1. The number of para-hydroxylation sites is 2. The normalized spacial score (nSPS) is 16.7. The lowest BCUT2D eigenvalue weighted by Gasteiger charge is -2.22. The fourth-order valence-electron chi connectivity index (χ4n) is 2.14. The molecule has 1 amide bonds. The van der Waals surface area contributed by atoms with E-state index < -0.39 is 0 Å². The summed E-state index contributed by atoms with van der Waals surface area (Å²) in [5.74, 6) is 0.160. The fourth-order valence-corrected chi connectivity index (χ4v) is 2.28. The number of nitrogens with zero attached hydrogens (tertiary/aromatic N) is 1. The molecule has 4 heteroatoms. The van der Waals surface area contributed by atoms with Gasteiger partial charge in [0, 0.05) is 24.9 Å². The Hall–Kier alpha value is -1.22. The van der Waals surface area contributed by atoms with Gasteiger partial charge in [-0.2, -0.15) is 0 Å². The highest BCUT2D eigenvalue weighted by Gasteiger charge is 2.18.